The third kappa shape index (κ3) is 1.20. The largest absolute Gasteiger partial charge is 0.456 e. The Balaban J connectivity index is 2.80. The van der Waals surface area contributed by atoms with Gasteiger partial charge in [0.05, 0.1) is 5.88 Å². The topological polar surface area (TPSA) is 46.5 Å². The van der Waals surface area contributed by atoms with Crippen LogP contribution in [0.5, 0.6) is 0 Å². The molecule has 1 N–H and O–H groups in total. The summed E-state index contributed by atoms with van der Waals surface area (Å²) in [6.07, 6.45) is -2.37. The van der Waals surface area contributed by atoms with Crippen molar-refractivity contribution in [2.24, 2.45) is 0 Å². The number of halogens is 2. The lowest BCUT2D eigenvalue weighted by molar-refractivity contribution is -0.149. The van der Waals surface area contributed by atoms with Gasteiger partial charge in [-0.05, 0) is 6.92 Å². The maximum absolute atomic E-state index is 13.1. The van der Waals surface area contributed by atoms with Crippen LogP contribution in [0.1, 0.15) is 6.92 Å². The molecule has 11 heavy (non-hydrogen) atoms. The van der Waals surface area contributed by atoms with Crippen LogP contribution in [0.3, 0.4) is 0 Å². The summed E-state index contributed by atoms with van der Waals surface area (Å²) in [4.78, 5) is 10.7. The molecule has 0 aromatic rings. The van der Waals surface area contributed by atoms with Crippen molar-refractivity contribution >= 4 is 17.6 Å². The first-order valence-electron chi connectivity index (χ1n) is 3.14. The van der Waals surface area contributed by atoms with Crippen molar-refractivity contribution in [1.82, 2.24) is 0 Å². The van der Waals surface area contributed by atoms with Gasteiger partial charge in [0, 0.05) is 0 Å². The van der Waals surface area contributed by atoms with Crippen molar-refractivity contribution in [3.63, 3.8) is 0 Å². The lowest BCUT2D eigenvalue weighted by Crippen LogP contribution is -2.39. The molecule has 3 nitrogen and oxygen atoms in total. The molecule has 0 aliphatic carbocycles. The van der Waals surface area contributed by atoms with Gasteiger partial charge in [0.1, 0.15) is 12.2 Å². The summed E-state index contributed by atoms with van der Waals surface area (Å²) < 4.78 is 17.5. The van der Waals surface area contributed by atoms with Crippen molar-refractivity contribution < 1.29 is 19.0 Å². The third-order valence-corrected chi connectivity index (χ3v) is 2.02. The Morgan fingerprint density at radius 3 is 2.64 bits per heavy atom. The van der Waals surface area contributed by atoms with Gasteiger partial charge in [-0.1, -0.05) is 0 Å². The van der Waals surface area contributed by atoms with Crippen LogP contribution in [0.25, 0.3) is 0 Å². The Kier molecular flexibility index (Phi) is 2.07. The van der Waals surface area contributed by atoms with E-state index in [1.54, 1.807) is 0 Å². The molecule has 1 saturated heterocycles. The molecular weight excluding hydrogens is 175 g/mol. The van der Waals surface area contributed by atoms with Crippen LogP contribution in [0.2, 0.25) is 0 Å². The normalized spacial score (nSPS) is 44.2. The van der Waals surface area contributed by atoms with E-state index in [1.165, 1.54) is 0 Å². The second kappa shape index (κ2) is 2.60. The molecule has 0 aromatic heterocycles. The number of carbonyl (C=O) groups is 1. The number of esters is 1. The first kappa shape index (κ1) is 8.74. The third-order valence-electron chi connectivity index (χ3n) is 1.72. The van der Waals surface area contributed by atoms with Crippen molar-refractivity contribution in [2.75, 3.05) is 5.88 Å². The zero-order valence-corrected chi connectivity index (χ0v) is 6.64. The predicted octanol–water partition coefficient (Wildman–Crippen LogP) is 0.240. The molecule has 0 spiro atoms. The second-order valence-corrected chi connectivity index (χ2v) is 2.93. The maximum atomic E-state index is 13.1. The minimum absolute atomic E-state index is 0.0909. The number of carbonyl (C=O) groups excluding carboxylic acids is 1. The van der Waals surface area contributed by atoms with Crippen LogP contribution >= 0.6 is 11.6 Å². The molecule has 1 rings (SSSR count). The van der Waals surface area contributed by atoms with E-state index in [4.69, 9.17) is 16.7 Å². The van der Waals surface area contributed by atoms with Crippen molar-refractivity contribution in [2.45, 2.75) is 24.8 Å². The SMILES string of the molecule is C[C@]1(F)C(=O)O[C@@H](CCl)[C@H]1O. The number of aliphatic hydroxyl groups is 1. The van der Waals surface area contributed by atoms with Gasteiger partial charge < -0.3 is 9.84 Å². The highest BCUT2D eigenvalue weighted by Crippen LogP contribution is 2.29. The fourth-order valence-electron chi connectivity index (χ4n) is 0.903. The van der Waals surface area contributed by atoms with Crippen LogP contribution < -0.4 is 0 Å². The minimum Gasteiger partial charge on any atom is -0.456 e. The summed E-state index contributed by atoms with van der Waals surface area (Å²) in [7, 11) is 0. The Hall–Kier alpha value is -0.350. The average Bonchev–Trinajstić information content (AvgIpc) is 2.14. The molecule has 0 radical (unpaired) electrons. The Morgan fingerprint density at radius 1 is 1.91 bits per heavy atom. The molecule has 0 unspecified atom stereocenters. The highest BCUT2D eigenvalue weighted by Gasteiger charge is 2.54. The standard InChI is InChI=1S/C6H8ClFO3/c1-6(8)4(9)3(2-7)11-5(6)10/h3-4,9H,2H2,1H3/t3-,4+,6+/m0/s1. The molecule has 1 fully saturated rings. The molecule has 0 amide bonds. The number of alkyl halides is 2. The lowest BCUT2D eigenvalue weighted by Gasteiger charge is -2.13. The van der Waals surface area contributed by atoms with Gasteiger partial charge in [0.25, 0.3) is 0 Å². The van der Waals surface area contributed by atoms with Gasteiger partial charge in [0.15, 0.2) is 0 Å². The number of rotatable bonds is 1. The molecule has 0 saturated carbocycles. The van der Waals surface area contributed by atoms with Crippen LogP contribution in [0, 0.1) is 0 Å². The minimum atomic E-state index is -2.31. The van der Waals surface area contributed by atoms with Crippen LogP contribution in [0.15, 0.2) is 0 Å². The van der Waals surface area contributed by atoms with Gasteiger partial charge in [-0.2, -0.15) is 0 Å². The molecule has 0 aromatic carbocycles. The molecule has 5 heteroatoms. The van der Waals surface area contributed by atoms with Gasteiger partial charge in [-0.3, -0.25) is 0 Å². The van der Waals surface area contributed by atoms with Crippen LogP contribution in [-0.4, -0.2) is 34.8 Å². The van der Waals surface area contributed by atoms with Crippen molar-refractivity contribution in [1.29, 1.82) is 0 Å². The van der Waals surface area contributed by atoms with E-state index in [0.29, 0.717) is 0 Å². The first-order valence-corrected chi connectivity index (χ1v) is 3.67. The number of aliphatic hydroxyl groups excluding tert-OH is 1. The van der Waals surface area contributed by atoms with Gasteiger partial charge >= 0.3 is 5.97 Å². The second-order valence-electron chi connectivity index (χ2n) is 2.62. The zero-order chi connectivity index (χ0) is 8.65. The highest BCUT2D eigenvalue weighted by molar-refractivity contribution is 6.18. The predicted molar refractivity (Wildman–Crippen MR) is 36.1 cm³/mol. The van der Waals surface area contributed by atoms with Gasteiger partial charge in [-0.25, -0.2) is 9.18 Å². The Bertz CT molecular complexity index is 183. The van der Waals surface area contributed by atoms with E-state index < -0.39 is 23.8 Å². The lowest BCUT2D eigenvalue weighted by atomic mass is 10.0. The van der Waals surface area contributed by atoms with Crippen LogP contribution in [-0.2, 0) is 9.53 Å². The van der Waals surface area contributed by atoms with E-state index in [9.17, 15) is 9.18 Å². The van der Waals surface area contributed by atoms with Crippen LogP contribution in [0.4, 0.5) is 4.39 Å². The molecule has 1 aliphatic rings. The fourth-order valence-corrected chi connectivity index (χ4v) is 1.13. The number of cyclic esters (lactones) is 1. The van der Waals surface area contributed by atoms with E-state index in [0.717, 1.165) is 6.92 Å². The average molecular weight is 183 g/mol. The molecular formula is C6H8ClFO3. The van der Waals surface area contributed by atoms with Crippen molar-refractivity contribution in [3.8, 4) is 0 Å². The smallest absolute Gasteiger partial charge is 0.346 e. The van der Waals surface area contributed by atoms with E-state index >= 15 is 0 Å². The van der Waals surface area contributed by atoms with E-state index in [-0.39, 0.29) is 5.88 Å². The Morgan fingerprint density at radius 2 is 2.45 bits per heavy atom. The van der Waals surface area contributed by atoms with Gasteiger partial charge in [-0.15, -0.1) is 11.6 Å². The molecule has 1 heterocycles. The number of ether oxygens (including phenoxy) is 1. The monoisotopic (exact) mass is 182 g/mol. The van der Waals surface area contributed by atoms with Gasteiger partial charge in [0.2, 0.25) is 5.67 Å². The summed E-state index contributed by atoms with van der Waals surface area (Å²) in [5.74, 6) is -1.14. The summed E-state index contributed by atoms with van der Waals surface area (Å²) in [6, 6.07) is 0. The zero-order valence-electron chi connectivity index (χ0n) is 5.88. The Labute approximate surface area is 68.1 Å². The molecule has 3 atom stereocenters. The molecule has 0 bridgehead atoms. The van der Waals surface area contributed by atoms with E-state index in [2.05, 4.69) is 4.74 Å². The summed E-state index contributed by atoms with van der Waals surface area (Å²) in [5, 5.41) is 9.08. The molecule has 64 valence electrons. The van der Waals surface area contributed by atoms with Crippen molar-refractivity contribution in [3.05, 3.63) is 0 Å². The summed E-state index contributed by atoms with van der Waals surface area (Å²) >= 11 is 5.29. The quantitative estimate of drug-likeness (QED) is 0.467. The first-order chi connectivity index (χ1) is 5.00. The maximum Gasteiger partial charge on any atom is 0.346 e. The fraction of sp³-hybridized carbons (Fsp3) is 0.833. The highest BCUT2D eigenvalue weighted by atomic mass is 35.5. The number of hydrogen-bond donors (Lipinski definition) is 1. The summed E-state index contributed by atoms with van der Waals surface area (Å²) in [6.45, 7) is 0.979. The molecule has 1 aliphatic heterocycles. The van der Waals surface area contributed by atoms with E-state index in [1.807, 2.05) is 0 Å². The summed E-state index contributed by atoms with van der Waals surface area (Å²) in [5.41, 5.74) is -2.31. The number of hydrogen-bond acceptors (Lipinski definition) is 3.